The first-order valence-corrected chi connectivity index (χ1v) is 10.6. The lowest BCUT2D eigenvalue weighted by atomic mass is 9.96. The lowest BCUT2D eigenvalue weighted by Gasteiger charge is -2.17. The SMILES string of the molecule is CCCN(C)CCC(C)C(=O)CCC(=O)c1ccc2[nH]c3ncc(Cl)cc3c2c1. The summed E-state index contributed by atoms with van der Waals surface area (Å²) in [6.45, 7) is 6.05. The first kappa shape index (κ1) is 21.5. The molecule has 29 heavy (non-hydrogen) atoms. The van der Waals surface area contributed by atoms with Crippen LogP contribution in [0.1, 0.15) is 49.9 Å². The Kier molecular flexibility index (Phi) is 7.04. The standard InChI is InChI=1S/C23H28ClN3O2/c1-4-10-27(3)11-9-15(2)21(28)7-8-22(29)16-5-6-20-18(12-16)19-13-17(24)14-25-23(19)26-20/h5-6,12-15H,4,7-11H2,1-3H3,(H,25,26). The second kappa shape index (κ2) is 9.51. The minimum atomic E-state index is -0.0218. The van der Waals surface area contributed by atoms with Gasteiger partial charge in [-0.2, -0.15) is 0 Å². The number of carbonyl (C=O) groups excluding carboxylic acids is 2. The van der Waals surface area contributed by atoms with Crippen LogP contribution >= 0.6 is 11.6 Å². The highest BCUT2D eigenvalue weighted by Gasteiger charge is 2.17. The zero-order valence-corrected chi connectivity index (χ0v) is 18.1. The molecule has 0 aliphatic heterocycles. The predicted octanol–water partition coefficient (Wildman–Crippen LogP) is 5.27. The minimum Gasteiger partial charge on any atom is -0.339 e. The van der Waals surface area contributed by atoms with E-state index < -0.39 is 0 Å². The lowest BCUT2D eigenvalue weighted by Crippen LogP contribution is -2.24. The van der Waals surface area contributed by atoms with Crippen LogP contribution in [0, 0.1) is 5.92 Å². The van der Waals surface area contributed by atoms with Crippen LogP contribution in [0.4, 0.5) is 0 Å². The molecule has 154 valence electrons. The number of pyridine rings is 1. The number of hydrogen-bond acceptors (Lipinski definition) is 4. The van der Waals surface area contributed by atoms with Gasteiger partial charge in [-0.3, -0.25) is 9.59 Å². The molecule has 0 fully saturated rings. The summed E-state index contributed by atoms with van der Waals surface area (Å²) in [6, 6.07) is 7.39. The first-order valence-electron chi connectivity index (χ1n) is 10.2. The number of aromatic amines is 1. The number of nitrogens with zero attached hydrogens (tertiary/aromatic N) is 2. The molecule has 6 heteroatoms. The van der Waals surface area contributed by atoms with E-state index in [2.05, 4.69) is 28.8 Å². The quantitative estimate of drug-likeness (QED) is 0.460. The molecule has 0 bridgehead atoms. The predicted molar refractivity (Wildman–Crippen MR) is 119 cm³/mol. The van der Waals surface area contributed by atoms with Gasteiger partial charge in [-0.15, -0.1) is 0 Å². The van der Waals surface area contributed by atoms with Crippen molar-refractivity contribution in [3.05, 3.63) is 41.0 Å². The number of hydrogen-bond donors (Lipinski definition) is 1. The molecule has 0 amide bonds. The van der Waals surface area contributed by atoms with E-state index in [0.29, 0.717) is 10.6 Å². The molecule has 1 unspecified atom stereocenters. The molecule has 2 aromatic heterocycles. The van der Waals surface area contributed by atoms with Gasteiger partial charge >= 0.3 is 0 Å². The van der Waals surface area contributed by atoms with Crippen LogP contribution < -0.4 is 0 Å². The van der Waals surface area contributed by atoms with E-state index in [-0.39, 0.29) is 30.3 Å². The molecule has 0 spiro atoms. The van der Waals surface area contributed by atoms with Crippen LogP contribution in [0.25, 0.3) is 21.9 Å². The van der Waals surface area contributed by atoms with E-state index in [1.807, 2.05) is 25.1 Å². The summed E-state index contributed by atoms with van der Waals surface area (Å²) in [5.74, 6) is 0.124. The van der Waals surface area contributed by atoms with Gasteiger partial charge < -0.3 is 9.88 Å². The fraction of sp³-hybridized carbons (Fsp3) is 0.435. The van der Waals surface area contributed by atoms with Gasteiger partial charge in [0.25, 0.3) is 0 Å². The van der Waals surface area contributed by atoms with E-state index in [1.54, 1.807) is 12.3 Å². The first-order chi connectivity index (χ1) is 13.9. The number of carbonyl (C=O) groups is 2. The Balaban J connectivity index is 1.63. The Morgan fingerprint density at radius 3 is 2.72 bits per heavy atom. The Labute approximate surface area is 176 Å². The number of aromatic nitrogens is 2. The number of rotatable bonds is 10. The fourth-order valence-electron chi connectivity index (χ4n) is 3.62. The molecule has 0 aliphatic carbocycles. The van der Waals surface area contributed by atoms with Crippen molar-refractivity contribution in [3.8, 4) is 0 Å². The highest BCUT2D eigenvalue weighted by atomic mass is 35.5. The van der Waals surface area contributed by atoms with Crippen molar-refractivity contribution in [2.24, 2.45) is 5.92 Å². The van der Waals surface area contributed by atoms with Crippen molar-refractivity contribution in [2.75, 3.05) is 20.1 Å². The molecule has 0 saturated heterocycles. The van der Waals surface area contributed by atoms with E-state index >= 15 is 0 Å². The number of benzene rings is 1. The second-order valence-corrected chi connectivity index (χ2v) is 8.25. The molecular formula is C23H28ClN3O2. The Morgan fingerprint density at radius 2 is 1.97 bits per heavy atom. The summed E-state index contributed by atoms with van der Waals surface area (Å²) in [7, 11) is 2.08. The molecule has 3 aromatic rings. The molecule has 5 nitrogen and oxygen atoms in total. The van der Waals surface area contributed by atoms with Crippen molar-refractivity contribution in [1.29, 1.82) is 0 Å². The van der Waals surface area contributed by atoms with Crippen LogP contribution in [0.5, 0.6) is 0 Å². The van der Waals surface area contributed by atoms with Crippen molar-refractivity contribution in [1.82, 2.24) is 14.9 Å². The zero-order valence-electron chi connectivity index (χ0n) is 17.3. The highest BCUT2D eigenvalue weighted by molar-refractivity contribution is 6.31. The maximum Gasteiger partial charge on any atom is 0.163 e. The summed E-state index contributed by atoms with van der Waals surface area (Å²) in [4.78, 5) is 34.9. The maximum absolute atomic E-state index is 12.7. The summed E-state index contributed by atoms with van der Waals surface area (Å²) in [5.41, 5.74) is 2.26. The molecule has 0 radical (unpaired) electrons. The molecule has 0 aliphatic rings. The van der Waals surface area contributed by atoms with Crippen molar-refractivity contribution in [3.63, 3.8) is 0 Å². The molecule has 0 saturated carbocycles. The summed E-state index contributed by atoms with van der Waals surface area (Å²) < 4.78 is 0. The molecule has 1 aromatic carbocycles. The summed E-state index contributed by atoms with van der Waals surface area (Å²) >= 11 is 6.07. The van der Waals surface area contributed by atoms with Crippen molar-refractivity contribution < 1.29 is 9.59 Å². The van der Waals surface area contributed by atoms with Gasteiger partial charge in [0.05, 0.1) is 5.02 Å². The molecule has 1 N–H and O–H groups in total. The Morgan fingerprint density at radius 1 is 1.17 bits per heavy atom. The molecular weight excluding hydrogens is 386 g/mol. The number of ketones is 2. The highest BCUT2D eigenvalue weighted by Crippen LogP contribution is 2.27. The average molecular weight is 414 g/mol. The average Bonchev–Trinajstić information content (AvgIpc) is 3.07. The van der Waals surface area contributed by atoms with Gasteiger partial charge in [0.15, 0.2) is 5.78 Å². The van der Waals surface area contributed by atoms with Gasteiger partial charge in [0.1, 0.15) is 11.4 Å². The van der Waals surface area contributed by atoms with Crippen molar-refractivity contribution in [2.45, 2.75) is 39.5 Å². The summed E-state index contributed by atoms with van der Waals surface area (Å²) in [6.07, 6.45) is 4.06. The van der Waals surface area contributed by atoms with Crippen LogP contribution in [-0.2, 0) is 4.79 Å². The number of Topliss-reactive ketones (excluding diaryl/α,β-unsaturated/α-hetero) is 2. The lowest BCUT2D eigenvalue weighted by molar-refractivity contribution is -0.122. The van der Waals surface area contributed by atoms with Crippen LogP contribution in [0.15, 0.2) is 30.5 Å². The Bertz CT molecular complexity index is 1030. The third-order valence-corrected chi connectivity index (χ3v) is 5.64. The van der Waals surface area contributed by atoms with Crippen molar-refractivity contribution >= 4 is 45.1 Å². The Hall–Kier alpha value is -2.24. The van der Waals surface area contributed by atoms with Gasteiger partial charge in [-0.1, -0.05) is 25.4 Å². The fourth-order valence-corrected chi connectivity index (χ4v) is 3.78. The normalized spacial score (nSPS) is 12.7. The van der Waals surface area contributed by atoms with Gasteiger partial charge in [-0.25, -0.2) is 4.98 Å². The third-order valence-electron chi connectivity index (χ3n) is 5.44. The zero-order chi connectivity index (χ0) is 21.0. The number of fused-ring (bicyclic) bond motifs is 3. The largest absolute Gasteiger partial charge is 0.339 e. The van der Waals surface area contributed by atoms with E-state index in [1.165, 1.54) is 0 Å². The topological polar surface area (TPSA) is 66.1 Å². The monoisotopic (exact) mass is 413 g/mol. The maximum atomic E-state index is 12.7. The molecule has 3 rings (SSSR count). The van der Waals surface area contributed by atoms with Gasteiger partial charge in [0, 0.05) is 46.8 Å². The molecule has 2 heterocycles. The van der Waals surface area contributed by atoms with E-state index in [9.17, 15) is 9.59 Å². The molecule has 1 atom stereocenters. The van der Waals surface area contributed by atoms with Crippen LogP contribution in [0.3, 0.4) is 0 Å². The van der Waals surface area contributed by atoms with Crippen LogP contribution in [0.2, 0.25) is 5.02 Å². The van der Waals surface area contributed by atoms with E-state index in [0.717, 1.165) is 47.9 Å². The smallest absolute Gasteiger partial charge is 0.163 e. The number of H-pyrrole nitrogens is 1. The van der Waals surface area contributed by atoms with Gasteiger partial charge in [-0.05, 0) is 57.2 Å². The van der Waals surface area contributed by atoms with Gasteiger partial charge in [0.2, 0.25) is 0 Å². The summed E-state index contributed by atoms with van der Waals surface area (Å²) in [5, 5.41) is 2.36. The minimum absolute atomic E-state index is 0.0140. The van der Waals surface area contributed by atoms with Crippen LogP contribution in [-0.4, -0.2) is 46.6 Å². The number of nitrogens with one attached hydrogen (secondary N) is 1. The number of halogens is 1. The second-order valence-electron chi connectivity index (χ2n) is 7.82. The van der Waals surface area contributed by atoms with E-state index in [4.69, 9.17) is 11.6 Å². The third kappa shape index (κ3) is 5.22.